The van der Waals surface area contributed by atoms with Gasteiger partial charge in [-0.05, 0) is 61.4 Å². The molecule has 1 aromatic carbocycles. The Kier molecular flexibility index (Phi) is 4.65. The molecule has 1 atom stereocenters. The number of allylic oxidation sites excluding steroid dienone is 5. The molecule has 120 valence electrons. The Hall–Kier alpha value is -2.29. The zero-order valence-corrected chi connectivity index (χ0v) is 13.4. The van der Waals surface area contributed by atoms with E-state index in [-0.39, 0.29) is 12.5 Å². The van der Waals surface area contributed by atoms with Crippen LogP contribution in [-0.4, -0.2) is 11.1 Å². The normalized spacial score (nSPS) is 19.6. The Labute approximate surface area is 137 Å². The fourth-order valence-corrected chi connectivity index (χ4v) is 3.26. The maximum atomic E-state index is 10.7. The van der Waals surface area contributed by atoms with Crippen molar-refractivity contribution >= 4 is 5.97 Å². The van der Waals surface area contributed by atoms with Crippen LogP contribution in [0, 0.1) is 6.92 Å². The molecule has 3 rings (SSSR count). The predicted octanol–water partition coefficient (Wildman–Crippen LogP) is 4.63. The SMILES string of the molecule is Cc1cccc2c1CCC2OC1=CCC=C(CCC(=O)O)C=C1. The standard InChI is InChI=1S/C20H22O3/c1-14-4-2-7-18-17(14)11-12-19(18)23-16-6-3-5-15(8-10-16)9-13-20(21)22/h2,4-8,10,19H,3,9,11-13H2,1H3,(H,21,22). The highest BCUT2D eigenvalue weighted by Crippen LogP contribution is 2.37. The number of rotatable bonds is 5. The first-order valence-corrected chi connectivity index (χ1v) is 8.17. The number of aliphatic carboxylic acids is 1. The third kappa shape index (κ3) is 3.73. The molecule has 0 amide bonds. The van der Waals surface area contributed by atoms with Crippen molar-refractivity contribution in [3.05, 3.63) is 70.5 Å². The Morgan fingerprint density at radius 2 is 2.17 bits per heavy atom. The summed E-state index contributed by atoms with van der Waals surface area (Å²) in [5, 5.41) is 8.78. The number of benzene rings is 1. The first kappa shape index (κ1) is 15.6. The molecule has 0 spiro atoms. The van der Waals surface area contributed by atoms with Crippen molar-refractivity contribution in [2.45, 2.75) is 45.1 Å². The van der Waals surface area contributed by atoms with E-state index in [1.807, 2.05) is 12.2 Å². The first-order chi connectivity index (χ1) is 11.1. The minimum atomic E-state index is -0.758. The van der Waals surface area contributed by atoms with Gasteiger partial charge in [-0.2, -0.15) is 0 Å². The van der Waals surface area contributed by atoms with Crippen LogP contribution in [-0.2, 0) is 16.0 Å². The van der Waals surface area contributed by atoms with Gasteiger partial charge in [0.2, 0.25) is 0 Å². The molecule has 0 aromatic heterocycles. The number of aryl methyl sites for hydroxylation is 1. The number of hydrogen-bond acceptors (Lipinski definition) is 2. The lowest BCUT2D eigenvalue weighted by atomic mass is 10.0. The average molecular weight is 310 g/mol. The molecule has 2 aliphatic rings. The van der Waals surface area contributed by atoms with E-state index in [0.717, 1.165) is 30.6 Å². The number of carboxylic acids is 1. The van der Waals surface area contributed by atoms with Gasteiger partial charge in [-0.3, -0.25) is 4.79 Å². The van der Waals surface area contributed by atoms with Gasteiger partial charge in [-0.25, -0.2) is 0 Å². The van der Waals surface area contributed by atoms with Crippen LogP contribution in [0.4, 0.5) is 0 Å². The van der Waals surface area contributed by atoms with Gasteiger partial charge in [0.1, 0.15) is 11.9 Å². The van der Waals surface area contributed by atoms with Crippen molar-refractivity contribution < 1.29 is 14.6 Å². The Morgan fingerprint density at radius 3 is 3.00 bits per heavy atom. The Morgan fingerprint density at radius 1 is 1.30 bits per heavy atom. The molecule has 0 aliphatic heterocycles. The quantitative estimate of drug-likeness (QED) is 0.862. The van der Waals surface area contributed by atoms with Crippen molar-refractivity contribution in [3.63, 3.8) is 0 Å². The largest absolute Gasteiger partial charge is 0.486 e. The molecule has 0 bridgehead atoms. The highest BCUT2D eigenvalue weighted by Gasteiger charge is 2.25. The van der Waals surface area contributed by atoms with Crippen molar-refractivity contribution in [3.8, 4) is 0 Å². The summed E-state index contributed by atoms with van der Waals surface area (Å²) in [7, 11) is 0. The molecular weight excluding hydrogens is 288 g/mol. The van der Waals surface area contributed by atoms with Crippen LogP contribution < -0.4 is 0 Å². The molecule has 3 heteroatoms. The number of fused-ring (bicyclic) bond motifs is 1. The van der Waals surface area contributed by atoms with Gasteiger partial charge in [-0.1, -0.05) is 35.9 Å². The van der Waals surface area contributed by atoms with Gasteiger partial charge in [0.15, 0.2) is 0 Å². The molecule has 23 heavy (non-hydrogen) atoms. The zero-order chi connectivity index (χ0) is 16.2. The molecule has 0 saturated carbocycles. The number of carboxylic acid groups (broad SMARTS) is 1. The van der Waals surface area contributed by atoms with E-state index in [9.17, 15) is 4.79 Å². The van der Waals surface area contributed by atoms with E-state index in [2.05, 4.69) is 37.3 Å². The summed E-state index contributed by atoms with van der Waals surface area (Å²) in [6.45, 7) is 2.16. The van der Waals surface area contributed by atoms with Gasteiger partial charge in [-0.15, -0.1) is 0 Å². The molecule has 1 N–H and O–H groups in total. The van der Waals surface area contributed by atoms with Gasteiger partial charge >= 0.3 is 5.97 Å². The van der Waals surface area contributed by atoms with E-state index in [0.29, 0.717) is 6.42 Å². The topological polar surface area (TPSA) is 46.5 Å². The summed E-state index contributed by atoms with van der Waals surface area (Å²) in [4.78, 5) is 10.7. The van der Waals surface area contributed by atoms with Crippen LogP contribution in [0.25, 0.3) is 0 Å². The molecule has 1 aromatic rings. The van der Waals surface area contributed by atoms with Gasteiger partial charge in [0.05, 0.1) is 0 Å². The van der Waals surface area contributed by atoms with E-state index in [1.165, 1.54) is 16.7 Å². The van der Waals surface area contributed by atoms with Gasteiger partial charge in [0.25, 0.3) is 0 Å². The van der Waals surface area contributed by atoms with Crippen LogP contribution in [0.5, 0.6) is 0 Å². The Balaban J connectivity index is 1.65. The maximum absolute atomic E-state index is 10.7. The highest BCUT2D eigenvalue weighted by atomic mass is 16.5. The Bertz CT molecular complexity index is 695. The second-order valence-electron chi connectivity index (χ2n) is 6.14. The highest BCUT2D eigenvalue weighted by molar-refractivity contribution is 5.67. The van der Waals surface area contributed by atoms with Crippen LogP contribution in [0.1, 0.15) is 48.5 Å². The molecule has 3 nitrogen and oxygen atoms in total. The van der Waals surface area contributed by atoms with Crippen LogP contribution >= 0.6 is 0 Å². The molecule has 0 saturated heterocycles. The van der Waals surface area contributed by atoms with E-state index >= 15 is 0 Å². The summed E-state index contributed by atoms with van der Waals surface area (Å²) in [6, 6.07) is 6.42. The summed E-state index contributed by atoms with van der Waals surface area (Å²) >= 11 is 0. The second-order valence-corrected chi connectivity index (χ2v) is 6.14. The smallest absolute Gasteiger partial charge is 0.303 e. The maximum Gasteiger partial charge on any atom is 0.303 e. The molecule has 1 unspecified atom stereocenters. The summed E-state index contributed by atoms with van der Waals surface area (Å²) in [6.07, 6.45) is 11.8. The predicted molar refractivity (Wildman–Crippen MR) is 90.1 cm³/mol. The van der Waals surface area contributed by atoms with E-state index < -0.39 is 5.97 Å². The van der Waals surface area contributed by atoms with Crippen LogP contribution in [0.15, 0.2) is 53.8 Å². The molecular formula is C20H22O3. The van der Waals surface area contributed by atoms with Crippen LogP contribution in [0.2, 0.25) is 0 Å². The molecule has 0 radical (unpaired) electrons. The molecule has 2 aliphatic carbocycles. The average Bonchev–Trinajstić information content (AvgIpc) is 2.79. The fraction of sp³-hybridized carbons (Fsp3) is 0.350. The third-order valence-corrected chi connectivity index (χ3v) is 4.52. The monoisotopic (exact) mass is 310 g/mol. The number of carbonyl (C=O) groups is 1. The van der Waals surface area contributed by atoms with Crippen molar-refractivity contribution in [2.75, 3.05) is 0 Å². The molecule has 0 fully saturated rings. The minimum absolute atomic E-state index is 0.126. The summed E-state index contributed by atoms with van der Waals surface area (Å²) in [5.41, 5.74) is 5.14. The minimum Gasteiger partial charge on any atom is -0.486 e. The lowest BCUT2D eigenvalue weighted by Gasteiger charge is -2.16. The van der Waals surface area contributed by atoms with Crippen LogP contribution in [0.3, 0.4) is 0 Å². The number of ether oxygens (including phenoxy) is 1. The number of hydrogen-bond donors (Lipinski definition) is 1. The lowest BCUT2D eigenvalue weighted by molar-refractivity contribution is -0.136. The second kappa shape index (κ2) is 6.86. The van der Waals surface area contributed by atoms with Crippen molar-refractivity contribution in [1.82, 2.24) is 0 Å². The summed E-state index contributed by atoms with van der Waals surface area (Å²) < 4.78 is 6.21. The zero-order valence-electron chi connectivity index (χ0n) is 13.4. The van der Waals surface area contributed by atoms with Gasteiger partial charge < -0.3 is 9.84 Å². The van der Waals surface area contributed by atoms with Gasteiger partial charge in [0, 0.05) is 6.42 Å². The first-order valence-electron chi connectivity index (χ1n) is 8.17. The molecule has 0 heterocycles. The van der Waals surface area contributed by atoms with Crippen molar-refractivity contribution in [2.24, 2.45) is 0 Å². The third-order valence-electron chi connectivity index (χ3n) is 4.52. The van der Waals surface area contributed by atoms with E-state index in [1.54, 1.807) is 0 Å². The lowest BCUT2D eigenvalue weighted by Crippen LogP contribution is -1.99. The van der Waals surface area contributed by atoms with E-state index in [4.69, 9.17) is 9.84 Å². The summed E-state index contributed by atoms with van der Waals surface area (Å²) in [5.74, 6) is 0.122. The fourth-order valence-electron chi connectivity index (χ4n) is 3.26. The van der Waals surface area contributed by atoms with Crippen molar-refractivity contribution in [1.29, 1.82) is 0 Å².